The van der Waals surface area contributed by atoms with Crippen LogP contribution >= 0.6 is 0 Å². The van der Waals surface area contributed by atoms with Gasteiger partial charge < -0.3 is 10.5 Å². The van der Waals surface area contributed by atoms with Gasteiger partial charge in [-0.2, -0.15) is 0 Å². The van der Waals surface area contributed by atoms with Crippen molar-refractivity contribution in [2.24, 2.45) is 34.5 Å². The van der Waals surface area contributed by atoms with Crippen LogP contribution in [0.1, 0.15) is 46.0 Å². The van der Waals surface area contributed by atoms with Crippen LogP contribution in [-0.4, -0.2) is 28.9 Å². The fourth-order valence-corrected chi connectivity index (χ4v) is 6.40. The summed E-state index contributed by atoms with van der Waals surface area (Å²) in [5.74, 6) is 0.751. The van der Waals surface area contributed by atoms with Gasteiger partial charge in [0.05, 0.1) is 6.10 Å². The van der Waals surface area contributed by atoms with E-state index in [1.54, 1.807) is 6.08 Å². The van der Waals surface area contributed by atoms with E-state index in [1.807, 2.05) is 6.92 Å². The molecule has 4 aliphatic carbocycles. The van der Waals surface area contributed by atoms with E-state index in [-0.39, 0.29) is 46.0 Å². The highest BCUT2D eigenvalue weighted by molar-refractivity contribution is 5.94. The highest BCUT2D eigenvalue weighted by atomic mass is 19.1. The molecule has 126 valence electrons. The van der Waals surface area contributed by atoms with E-state index in [2.05, 4.69) is 13.0 Å². The van der Waals surface area contributed by atoms with Crippen molar-refractivity contribution in [3.05, 3.63) is 12.2 Å². The van der Waals surface area contributed by atoms with E-state index >= 15 is 0 Å². The first-order valence-electron chi connectivity index (χ1n) is 8.90. The van der Waals surface area contributed by atoms with Crippen LogP contribution in [0.5, 0.6) is 0 Å². The Balaban J connectivity index is 1.74. The molecule has 2 N–H and O–H groups in total. The third-order valence-electron chi connectivity index (χ3n) is 7.84. The lowest BCUT2D eigenvalue weighted by Crippen LogP contribution is -2.57. The molecule has 3 unspecified atom stereocenters. The normalized spacial score (nSPS) is 55.3. The summed E-state index contributed by atoms with van der Waals surface area (Å²) in [6, 6.07) is 0. The molecule has 3 fully saturated rings. The number of carbonyl (C=O) groups is 1. The third-order valence-corrected chi connectivity index (χ3v) is 7.84. The van der Waals surface area contributed by atoms with Gasteiger partial charge in [-0.15, -0.1) is 0 Å². The number of hydrogen-bond acceptors (Lipinski definition) is 3. The maximum Gasteiger partial charge on any atom is 0.155 e. The summed E-state index contributed by atoms with van der Waals surface area (Å²) < 4.78 is 14.3. The Bertz CT molecular complexity index is 602. The van der Waals surface area contributed by atoms with Crippen molar-refractivity contribution in [1.82, 2.24) is 0 Å². The first-order valence-corrected chi connectivity index (χ1v) is 8.90. The molecule has 3 nitrogen and oxygen atoms in total. The lowest BCUT2D eigenvalue weighted by atomic mass is 9.46. The number of nitrogens with one attached hydrogen (secondary N) is 1. The van der Waals surface area contributed by atoms with Crippen molar-refractivity contribution in [2.45, 2.75) is 58.2 Å². The van der Waals surface area contributed by atoms with Gasteiger partial charge in [-0.25, -0.2) is 4.39 Å². The van der Waals surface area contributed by atoms with E-state index in [9.17, 15) is 14.3 Å². The molecule has 4 rings (SSSR count). The van der Waals surface area contributed by atoms with Crippen LogP contribution in [-0.2, 0) is 4.79 Å². The number of rotatable bonds is 0. The van der Waals surface area contributed by atoms with Gasteiger partial charge in [-0.1, -0.05) is 19.9 Å². The molecule has 0 aromatic heterocycles. The highest BCUT2D eigenvalue weighted by Gasteiger charge is 2.63. The minimum absolute atomic E-state index is 0.0500. The van der Waals surface area contributed by atoms with Crippen molar-refractivity contribution in [2.75, 3.05) is 0 Å². The molecular weight excluding hydrogens is 293 g/mol. The summed E-state index contributed by atoms with van der Waals surface area (Å²) >= 11 is 0. The van der Waals surface area contributed by atoms with Gasteiger partial charge >= 0.3 is 0 Å². The predicted molar refractivity (Wildman–Crippen MR) is 86.0 cm³/mol. The molecular formula is C19H26FNO2. The maximum atomic E-state index is 14.3. The number of fused-ring (bicyclic) bond motifs is 5. The van der Waals surface area contributed by atoms with Crippen LogP contribution < -0.4 is 0 Å². The smallest absolute Gasteiger partial charge is 0.155 e. The molecule has 3 saturated carbocycles. The fourth-order valence-electron chi connectivity index (χ4n) is 6.40. The minimum atomic E-state index is -1.15. The number of alkyl halides is 1. The van der Waals surface area contributed by atoms with E-state index < -0.39 is 12.3 Å². The molecule has 8 atom stereocenters. The van der Waals surface area contributed by atoms with Crippen molar-refractivity contribution in [3.8, 4) is 0 Å². The Morgan fingerprint density at radius 1 is 1.30 bits per heavy atom. The topological polar surface area (TPSA) is 61.1 Å². The predicted octanol–water partition coefficient (Wildman–Crippen LogP) is 3.31. The number of halogens is 1. The molecule has 4 aliphatic rings. The van der Waals surface area contributed by atoms with Crippen LogP contribution in [0, 0.1) is 39.9 Å². The Labute approximate surface area is 136 Å². The zero-order valence-corrected chi connectivity index (χ0v) is 13.9. The summed E-state index contributed by atoms with van der Waals surface area (Å²) in [5.41, 5.74) is -0.218. The average Bonchev–Trinajstić information content (AvgIpc) is 2.73. The second-order valence-corrected chi connectivity index (χ2v) is 8.73. The second kappa shape index (κ2) is 4.75. The third kappa shape index (κ3) is 1.90. The largest absolute Gasteiger partial charge is 0.393 e. The van der Waals surface area contributed by atoms with Crippen LogP contribution in [0.3, 0.4) is 0 Å². The lowest BCUT2D eigenvalue weighted by molar-refractivity contribution is -0.136. The van der Waals surface area contributed by atoms with Gasteiger partial charge in [0, 0.05) is 17.5 Å². The van der Waals surface area contributed by atoms with Crippen molar-refractivity contribution in [1.29, 1.82) is 5.41 Å². The standard InChI is InChI=1S/C19H26FNO2/c1-18-5-3-11(22)7-10(18)8-15(23)16-12(18)4-6-19(2)13(16)9-14(20)17(19)21/h3,5,10,12-16,21,23H,4,6-9H2,1-2H3/t10?,12-,13+,14?,15?,16-,18+,19+/m1/s1. The van der Waals surface area contributed by atoms with Gasteiger partial charge in [-0.05, 0) is 60.8 Å². The van der Waals surface area contributed by atoms with Crippen LogP contribution in [0.15, 0.2) is 12.2 Å². The van der Waals surface area contributed by atoms with Crippen molar-refractivity contribution >= 4 is 11.5 Å². The lowest BCUT2D eigenvalue weighted by Gasteiger charge is -2.59. The molecule has 0 aliphatic heterocycles. The summed E-state index contributed by atoms with van der Waals surface area (Å²) in [7, 11) is 0. The van der Waals surface area contributed by atoms with Gasteiger partial charge in [0.15, 0.2) is 5.78 Å². The molecule has 4 heteroatoms. The SMILES string of the molecule is C[C@]12C=CC(=O)CC1CC(O)[C@@H]1[C@H]2CC[C@]2(C)C(=N)C(F)C[C@@H]12. The molecule has 0 amide bonds. The average molecular weight is 319 g/mol. The van der Waals surface area contributed by atoms with Crippen molar-refractivity contribution in [3.63, 3.8) is 0 Å². The minimum Gasteiger partial charge on any atom is -0.393 e. The Morgan fingerprint density at radius 2 is 2.04 bits per heavy atom. The molecule has 0 aromatic rings. The van der Waals surface area contributed by atoms with Crippen LogP contribution in [0.4, 0.5) is 4.39 Å². The van der Waals surface area contributed by atoms with E-state index in [4.69, 9.17) is 5.41 Å². The zero-order valence-electron chi connectivity index (χ0n) is 13.9. The Kier molecular flexibility index (Phi) is 3.20. The van der Waals surface area contributed by atoms with E-state index in [1.165, 1.54) is 0 Å². The van der Waals surface area contributed by atoms with Gasteiger partial charge in [0.1, 0.15) is 6.17 Å². The molecule has 0 heterocycles. The van der Waals surface area contributed by atoms with Gasteiger partial charge in [-0.3, -0.25) is 4.79 Å². The number of aliphatic hydroxyl groups excluding tert-OH is 1. The second-order valence-electron chi connectivity index (χ2n) is 8.73. The molecule has 0 bridgehead atoms. The number of hydrogen-bond donors (Lipinski definition) is 2. The molecule has 23 heavy (non-hydrogen) atoms. The quantitative estimate of drug-likeness (QED) is 0.719. The monoisotopic (exact) mass is 319 g/mol. The fraction of sp³-hybridized carbons (Fsp3) is 0.789. The first-order chi connectivity index (χ1) is 10.8. The summed E-state index contributed by atoms with van der Waals surface area (Å²) in [6.07, 6.45) is 5.45. The van der Waals surface area contributed by atoms with Crippen molar-refractivity contribution < 1.29 is 14.3 Å². The molecule has 0 radical (unpaired) electrons. The van der Waals surface area contributed by atoms with Crippen LogP contribution in [0.2, 0.25) is 0 Å². The number of carbonyl (C=O) groups excluding carboxylic acids is 1. The highest BCUT2D eigenvalue weighted by Crippen LogP contribution is 2.64. The molecule has 0 spiro atoms. The first kappa shape index (κ1) is 15.5. The summed E-state index contributed by atoms with van der Waals surface area (Å²) in [5, 5.41) is 19.0. The molecule has 0 saturated heterocycles. The Hall–Kier alpha value is -1.03. The molecule has 0 aromatic carbocycles. The Morgan fingerprint density at radius 3 is 2.78 bits per heavy atom. The number of ketones is 1. The summed E-state index contributed by atoms with van der Waals surface area (Å²) in [6.45, 7) is 4.25. The maximum absolute atomic E-state index is 14.3. The number of allylic oxidation sites excluding steroid dienone is 2. The number of aliphatic hydroxyl groups is 1. The zero-order chi connectivity index (χ0) is 16.6. The van der Waals surface area contributed by atoms with Gasteiger partial charge in [0.2, 0.25) is 0 Å². The van der Waals surface area contributed by atoms with Gasteiger partial charge in [0.25, 0.3) is 0 Å². The van der Waals surface area contributed by atoms with E-state index in [0.717, 1.165) is 12.8 Å². The van der Waals surface area contributed by atoms with Crippen LogP contribution in [0.25, 0.3) is 0 Å². The van der Waals surface area contributed by atoms with E-state index in [0.29, 0.717) is 19.3 Å². The summed E-state index contributed by atoms with van der Waals surface area (Å²) in [4.78, 5) is 11.8.